The van der Waals surface area contributed by atoms with Crippen LogP contribution in [0.4, 0.5) is 0 Å². The lowest BCUT2D eigenvalue weighted by Crippen LogP contribution is -2.40. The van der Waals surface area contributed by atoms with Crippen molar-refractivity contribution in [2.24, 2.45) is 0 Å². The Balaban J connectivity index is 1.72. The minimum atomic E-state index is 0.0760. The van der Waals surface area contributed by atoms with Crippen molar-refractivity contribution in [3.8, 4) is 5.75 Å². The fourth-order valence-electron chi connectivity index (χ4n) is 3.81. The van der Waals surface area contributed by atoms with E-state index in [1.807, 2.05) is 25.1 Å². The van der Waals surface area contributed by atoms with Crippen LogP contribution in [0.1, 0.15) is 54.6 Å². The van der Waals surface area contributed by atoms with Crippen LogP contribution in [0.5, 0.6) is 5.75 Å². The number of furan rings is 1. The summed E-state index contributed by atoms with van der Waals surface area (Å²) in [5.41, 5.74) is 1.68. The van der Waals surface area contributed by atoms with Crippen LogP contribution >= 0.6 is 0 Å². The minimum Gasteiger partial charge on any atom is -0.497 e. The number of nitrogens with zero attached hydrogens (tertiary/aromatic N) is 1. The van der Waals surface area contributed by atoms with Gasteiger partial charge in [-0.3, -0.25) is 4.79 Å². The molecule has 1 heterocycles. The molecule has 0 aliphatic heterocycles. The third-order valence-corrected chi connectivity index (χ3v) is 5.23. The van der Waals surface area contributed by atoms with Crippen LogP contribution in [0.2, 0.25) is 0 Å². The lowest BCUT2D eigenvalue weighted by Gasteiger charge is -2.28. The molecule has 1 aromatic heterocycles. The van der Waals surface area contributed by atoms with Gasteiger partial charge in [-0.2, -0.15) is 0 Å². The quantitative estimate of drug-likeness (QED) is 0.845. The average Bonchev–Trinajstić information content (AvgIpc) is 3.14. The van der Waals surface area contributed by atoms with E-state index in [9.17, 15) is 4.79 Å². The lowest BCUT2D eigenvalue weighted by molar-refractivity contribution is 0.0633. The van der Waals surface area contributed by atoms with E-state index in [2.05, 4.69) is 4.90 Å². The molecule has 4 nitrogen and oxygen atoms in total. The first-order valence-corrected chi connectivity index (χ1v) is 8.59. The summed E-state index contributed by atoms with van der Waals surface area (Å²) in [6.07, 6.45) is 7.00. The summed E-state index contributed by atoms with van der Waals surface area (Å²) >= 11 is 0. The number of benzene rings is 1. The summed E-state index contributed by atoms with van der Waals surface area (Å²) in [7, 11) is 1.65. The molecular formula is C19H23NO3. The smallest absolute Gasteiger partial charge is 0.290 e. The summed E-state index contributed by atoms with van der Waals surface area (Å²) in [4.78, 5) is 15.3. The molecule has 23 heavy (non-hydrogen) atoms. The molecule has 0 spiro atoms. The van der Waals surface area contributed by atoms with E-state index < -0.39 is 0 Å². The second-order valence-corrected chi connectivity index (χ2v) is 6.80. The van der Waals surface area contributed by atoms with E-state index in [4.69, 9.17) is 9.15 Å². The molecule has 4 heteroatoms. The van der Waals surface area contributed by atoms with Crippen molar-refractivity contribution in [2.75, 3.05) is 7.11 Å². The molecule has 2 aromatic rings. The summed E-state index contributed by atoms with van der Waals surface area (Å²) in [6.45, 7) is 1.97. The molecule has 0 radical (unpaired) electrons. The summed E-state index contributed by atoms with van der Waals surface area (Å²) in [5.74, 6) is 1.37. The first-order valence-electron chi connectivity index (χ1n) is 8.59. The molecular weight excluding hydrogens is 290 g/mol. The van der Waals surface area contributed by atoms with Crippen LogP contribution in [0.25, 0.3) is 11.0 Å². The largest absolute Gasteiger partial charge is 0.497 e. The highest BCUT2D eigenvalue weighted by Crippen LogP contribution is 2.37. The van der Waals surface area contributed by atoms with E-state index >= 15 is 0 Å². The molecule has 1 aromatic carbocycles. The molecule has 0 N–H and O–H groups in total. The molecule has 2 fully saturated rings. The van der Waals surface area contributed by atoms with Gasteiger partial charge in [0.05, 0.1) is 7.11 Å². The maximum Gasteiger partial charge on any atom is 0.290 e. The van der Waals surface area contributed by atoms with Crippen molar-refractivity contribution >= 4 is 16.9 Å². The van der Waals surface area contributed by atoms with Crippen LogP contribution < -0.4 is 4.74 Å². The van der Waals surface area contributed by atoms with E-state index in [0.717, 1.165) is 48.0 Å². The van der Waals surface area contributed by atoms with E-state index in [0.29, 0.717) is 17.8 Å². The molecule has 2 saturated carbocycles. The highest BCUT2D eigenvalue weighted by atomic mass is 16.5. The normalized spacial score (nSPS) is 18.5. The second kappa shape index (κ2) is 5.59. The summed E-state index contributed by atoms with van der Waals surface area (Å²) < 4.78 is 11.2. The van der Waals surface area contributed by atoms with Gasteiger partial charge in [-0.1, -0.05) is 12.8 Å². The summed E-state index contributed by atoms with van der Waals surface area (Å²) in [5, 5.41) is 0.967. The number of methoxy groups -OCH3 is 1. The van der Waals surface area contributed by atoms with E-state index in [1.165, 1.54) is 12.8 Å². The third-order valence-electron chi connectivity index (χ3n) is 5.23. The molecule has 0 bridgehead atoms. The molecule has 0 atom stereocenters. The van der Waals surface area contributed by atoms with Crippen LogP contribution in [0.15, 0.2) is 22.6 Å². The first-order chi connectivity index (χ1) is 11.2. The van der Waals surface area contributed by atoms with Gasteiger partial charge >= 0.3 is 0 Å². The van der Waals surface area contributed by atoms with Gasteiger partial charge in [-0.05, 0) is 50.8 Å². The SMILES string of the molecule is COc1ccc2oc(C(=O)N(C3CCCC3)C3CC3)c(C)c2c1. The van der Waals surface area contributed by atoms with Gasteiger partial charge < -0.3 is 14.1 Å². The van der Waals surface area contributed by atoms with Gasteiger partial charge in [-0.15, -0.1) is 0 Å². The van der Waals surface area contributed by atoms with E-state index in [1.54, 1.807) is 7.11 Å². The number of ether oxygens (including phenoxy) is 1. The Bertz CT molecular complexity index is 738. The molecule has 0 unspecified atom stereocenters. The number of amides is 1. The van der Waals surface area contributed by atoms with Crippen LogP contribution in [0.3, 0.4) is 0 Å². The van der Waals surface area contributed by atoms with Crippen molar-refractivity contribution in [1.82, 2.24) is 4.90 Å². The number of aryl methyl sites for hydroxylation is 1. The molecule has 1 amide bonds. The van der Waals surface area contributed by atoms with E-state index in [-0.39, 0.29) is 5.91 Å². The molecule has 2 aliphatic rings. The second-order valence-electron chi connectivity index (χ2n) is 6.80. The molecule has 0 saturated heterocycles. The first kappa shape index (κ1) is 14.6. The van der Waals surface area contributed by atoms with Crippen molar-refractivity contribution in [1.29, 1.82) is 0 Å². The Hall–Kier alpha value is -1.97. The topological polar surface area (TPSA) is 42.7 Å². The zero-order valence-corrected chi connectivity index (χ0v) is 13.8. The van der Waals surface area contributed by atoms with Crippen molar-refractivity contribution in [3.05, 3.63) is 29.5 Å². The highest BCUT2D eigenvalue weighted by molar-refractivity contribution is 5.99. The zero-order valence-electron chi connectivity index (χ0n) is 13.8. The Morgan fingerprint density at radius 2 is 1.87 bits per heavy atom. The highest BCUT2D eigenvalue weighted by Gasteiger charge is 2.40. The maximum atomic E-state index is 13.2. The monoisotopic (exact) mass is 313 g/mol. The fraction of sp³-hybridized carbons (Fsp3) is 0.526. The van der Waals surface area contributed by atoms with Crippen molar-refractivity contribution in [3.63, 3.8) is 0 Å². The zero-order chi connectivity index (χ0) is 16.0. The standard InChI is InChI=1S/C19H23NO3/c1-12-16-11-15(22-2)9-10-17(16)23-18(12)19(21)20(14-7-8-14)13-5-3-4-6-13/h9-11,13-14H,3-8H2,1-2H3. The van der Waals surface area contributed by atoms with Gasteiger partial charge in [-0.25, -0.2) is 0 Å². The lowest BCUT2D eigenvalue weighted by atomic mass is 10.1. The molecule has 4 rings (SSSR count). The van der Waals surface area contributed by atoms with Crippen molar-refractivity contribution in [2.45, 2.75) is 57.5 Å². The number of fused-ring (bicyclic) bond motifs is 1. The maximum absolute atomic E-state index is 13.2. The van der Waals surface area contributed by atoms with Gasteiger partial charge in [0.25, 0.3) is 5.91 Å². The third kappa shape index (κ3) is 2.50. The Morgan fingerprint density at radius 3 is 2.52 bits per heavy atom. The number of hydrogen-bond acceptors (Lipinski definition) is 3. The van der Waals surface area contributed by atoms with Crippen LogP contribution in [-0.4, -0.2) is 30.0 Å². The van der Waals surface area contributed by atoms with Gasteiger partial charge in [0, 0.05) is 23.0 Å². The van der Waals surface area contributed by atoms with Crippen LogP contribution in [0, 0.1) is 6.92 Å². The fourth-order valence-corrected chi connectivity index (χ4v) is 3.81. The van der Waals surface area contributed by atoms with Gasteiger partial charge in [0.1, 0.15) is 11.3 Å². The number of hydrogen-bond donors (Lipinski definition) is 0. The predicted octanol–water partition coefficient (Wildman–Crippen LogP) is 4.30. The minimum absolute atomic E-state index is 0.0760. The molecule has 2 aliphatic carbocycles. The number of rotatable bonds is 4. The predicted molar refractivity (Wildman–Crippen MR) is 89.0 cm³/mol. The number of carbonyl (C=O) groups is 1. The average molecular weight is 313 g/mol. The number of carbonyl (C=O) groups excluding carboxylic acids is 1. The van der Waals surface area contributed by atoms with Gasteiger partial charge in [0.2, 0.25) is 0 Å². The van der Waals surface area contributed by atoms with Crippen molar-refractivity contribution < 1.29 is 13.9 Å². The van der Waals surface area contributed by atoms with Gasteiger partial charge in [0.15, 0.2) is 5.76 Å². The Morgan fingerprint density at radius 1 is 1.17 bits per heavy atom. The Kier molecular flexibility index (Phi) is 3.55. The molecule has 122 valence electrons. The summed E-state index contributed by atoms with van der Waals surface area (Å²) in [6, 6.07) is 6.52. The van der Waals surface area contributed by atoms with Crippen LogP contribution in [-0.2, 0) is 0 Å². The Labute approximate surface area is 136 Å².